The monoisotopic (exact) mass is 317 g/mol. The molecule has 0 aliphatic heterocycles. The summed E-state index contributed by atoms with van der Waals surface area (Å²) in [5.41, 5.74) is -0.480. The molecule has 0 fully saturated rings. The number of aliphatic hydroxyl groups is 1. The standard InChI is InChI=1S/C13H13F2NO4S/c1-8-5-9(16-20-8)6-21(18,19)7-12(17)13-10(14)3-2-4-11(13)15/h2-5,12,17H,6-7H2,1H3. The number of benzene rings is 1. The summed E-state index contributed by atoms with van der Waals surface area (Å²) in [6, 6.07) is 4.48. The molecule has 0 spiro atoms. The van der Waals surface area contributed by atoms with Gasteiger partial charge >= 0.3 is 0 Å². The molecule has 0 amide bonds. The zero-order valence-corrected chi connectivity index (χ0v) is 11.9. The number of nitrogens with zero attached hydrogens (tertiary/aromatic N) is 1. The first-order valence-corrected chi connectivity index (χ1v) is 7.85. The molecular formula is C13H13F2NO4S. The maximum absolute atomic E-state index is 13.5. The second-order valence-corrected chi connectivity index (χ2v) is 6.74. The van der Waals surface area contributed by atoms with Crippen LogP contribution in [0, 0.1) is 18.6 Å². The van der Waals surface area contributed by atoms with Gasteiger partial charge in [0.2, 0.25) is 0 Å². The van der Waals surface area contributed by atoms with Crippen molar-refractivity contribution in [3.8, 4) is 0 Å². The highest BCUT2D eigenvalue weighted by atomic mass is 32.2. The smallest absolute Gasteiger partial charge is 0.159 e. The maximum atomic E-state index is 13.5. The Hall–Kier alpha value is -1.80. The normalized spacial score (nSPS) is 13.3. The zero-order chi connectivity index (χ0) is 15.6. The van der Waals surface area contributed by atoms with Crippen molar-refractivity contribution in [2.45, 2.75) is 18.8 Å². The molecule has 1 heterocycles. The number of halogens is 2. The minimum absolute atomic E-state index is 0.175. The van der Waals surface area contributed by atoms with Crippen LogP contribution in [0.25, 0.3) is 0 Å². The Morgan fingerprint density at radius 3 is 2.48 bits per heavy atom. The van der Waals surface area contributed by atoms with Gasteiger partial charge in [-0.05, 0) is 19.1 Å². The highest BCUT2D eigenvalue weighted by molar-refractivity contribution is 7.90. The van der Waals surface area contributed by atoms with Gasteiger partial charge in [-0.2, -0.15) is 0 Å². The number of rotatable bonds is 5. The molecule has 5 nitrogen and oxygen atoms in total. The number of aliphatic hydroxyl groups excluding tert-OH is 1. The van der Waals surface area contributed by atoms with Gasteiger partial charge in [0.05, 0.1) is 28.9 Å². The predicted molar refractivity (Wildman–Crippen MR) is 70.0 cm³/mol. The predicted octanol–water partition coefficient (Wildman–Crippen LogP) is 1.91. The Balaban J connectivity index is 2.16. The van der Waals surface area contributed by atoms with Gasteiger partial charge in [0, 0.05) is 6.07 Å². The summed E-state index contributed by atoms with van der Waals surface area (Å²) in [6.07, 6.45) is -1.79. The third kappa shape index (κ3) is 3.85. The van der Waals surface area contributed by atoms with Crippen molar-refractivity contribution in [2.75, 3.05) is 5.75 Å². The largest absolute Gasteiger partial charge is 0.387 e. The Morgan fingerprint density at radius 2 is 1.95 bits per heavy atom. The van der Waals surface area contributed by atoms with E-state index < -0.39 is 44.6 Å². The first kappa shape index (κ1) is 15.6. The van der Waals surface area contributed by atoms with Crippen LogP contribution < -0.4 is 0 Å². The van der Waals surface area contributed by atoms with E-state index in [4.69, 9.17) is 4.52 Å². The molecule has 8 heteroatoms. The molecule has 1 aromatic carbocycles. The quantitative estimate of drug-likeness (QED) is 0.911. The van der Waals surface area contributed by atoms with Crippen LogP contribution in [0.15, 0.2) is 28.8 Å². The number of aromatic nitrogens is 1. The summed E-state index contributed by atoms with van der Waals surface area (Å²) in [5, 5.41) is 13.3. The number of aryl methyl sites for hydroxylation is 1. The average Bonchev–Trinajstić information content (AvgIpc) is 2.72. The first-order valence-electron chi connectivity index (χ1n) is 6.03. The van der Waals surface area contributed by atoms with Crippen LogP contribution in [0.1, 0.15) is 23.1 Å². The van der Waals surface area contributed by atoms with E-state index in [-0.39, 0.29) is 5.69 Å². The Bertz CT molecular complexity index is 722. The summed E-state index contributed by atoms with van der Waals surface area (Å²) in [7, 11) is -3.81. The lowest BCUT2D eigenvalue weighted by Gasteiger charge is -2.12. The third-order valence-electron chi connectivity index (χ3n) is 2.79. The molecule has 2 aromatic rings. The van der Waals surface area contributed by atoms with Crippen molar-refractivity contribution in [2.24, 2.45) is 0 Å². The summed E-state index contributed by atoms with van der Waals surface area (Å²) >= 11 is 0. The molecule has 0 radical (unpaired) electrons. The van der Waals surface area contributed by atoms with Crippen molar-refractivity contribution in [3.63, 3.8) is 0 Å². The maximum Gasteiger partial charge on any atom is 0.159 e. The van der Waals surface area contributed by atoms with Crippen molar-refractivity contribution in [3.05, 3.63) is 52.9 Å². The topological polar surface area (TPSA) is 80.4 Å². The van der Waals surface area contributed by atoms with Gasteiger partial charge in [-0.15, -0.1) is 0 Å². The molecule has 1 unspecified atom stereocenters. The van der Waals surface area contributed by atoms with Crippen LogP contribution in [0.2, 0.25) is 0 Å². The number of sulfone groups is 1. The van der Waals surface area contributed by atoms with Crippen LogP contribution in [0.3, 0.4) is 0 Å². The Morgan fingerprint density at radius 1 is 1.33 bits per heavy atom. The van der Waals surface area contributed by atoms with Gasteiger partial charge in [-0.3, -0.25) is 0 Å². The lowest BCUT2D eigenvalue weighted by atomic mass is 10.1. The molecule has 1 N–H and O–H groups in total. The van der Waals surface area contributed by atoms with Gasteiger partial charge in [-0.1, -0.05) is 11.2 Å². The van der Waals surface area contributed by atoms with Crippen LogP contribution in [-0.2, 0) is 15.6 Å². The highest BCUT2D eigenvalue weighted by Gasteiger charge is 2.25. The Labute approximate surface area is 120 Å². The van der Waals surface area contributed by atoms with Crippen molar-refractivity contribution in [1.82, 2.24) is 5.16 Å². The van der Waals surface area contributed by atoms with E-state index in [9.17, 15) is 22.3 Å². The molecule has 0 bridgehead atoms. The fourth-order valence-corrected chi connectivity index (χ4v) is 3.28. The first-order chi connectivity index (χ1) is 9.78. The van der Waals surface area contributed by atoms with E-state index in [1.807, 2.05) is 0 Å². The molecule has 2 rings (SSSR count). The summed E-state index contributed by atoms with van der Waals surface area (Å²) in [6.45, 7) is 1.60. The fourth-order valence-electron chi connectivity index (χ4n) is 1.92. The molecule has 1 aromatic heterocycles. The minimum Gasteiger partial charge on any atom is -0.387 e. The lowest BCUT2D eigenvalue weighted by Crippen LogP contribution is -2.18. The van der Waals surface area contributed by atoms with Crippen LogP contribution >= 0.6 is 0 Å². The zero-order valence-electron chi connectivity index (χ0n) is 11.1. The van der Waals surface area contributed by atoms with Crippen molar-refractivity contribution in [1.29, 1.82) is 0 Å². The average molecular weight is 317 g/mol. The van der Waals surface area contributed by atoms with Gasteiger partial charge in [0.25, 0.3) is 0 Å². The summed E-state index contributed by atoms with van der Waals surface area (Å²) < 4.78 is 55.6. The highest BCUT2D eigenvalue weighted by Crippen LogP contribution is 2.23. The molecule has 21 heavy (non-hydrogen) atoms. The molecule has 0 aliphatic rings. The molecule has 0 saturated carbocycles. The van der Waals surface area contributed by atoms with Crippen LogP contribution in [0.4, 0.5) is 8.78 Å². The summed E-state index contributed by atoms with van der Waals surface area (Å²) in [4.78, 5) is 0. The molecular weight excluding hydrogens is 304 g/mol. The van der Waals surface area contributed by atoms with E-state index in [1.165, 1.54) is 6.07 Å². The van der Waals surface area contributed by atoms with Gasteiger partial charge in [0.15, 0.2) is 9.84 Å². The summed E-state index contributed by atoms with van der Waals surface area (Å²) in [5.74, 6) is -2.82. The third-order valence-corrected chi connectivity index (χ3v) is 4.35. The van der Waals surface area contributed by atoms with Gasteiger partial charge in [-0.25, -0.2) is 17.2 Å². The van der Waals surface area contributed by atoms with Crippen molar-refractivity contribution < 1.29 is 26.8 Å². The van der Waals surface area contributed by atoms with E-state index in [0.717, 1.165) is 18.2 Å². The SMILES string of the molecule is Cc1cc(CS(=O)(=O)CC(O)c2c(F)cccc2F)no1. The lowest BCUT2D eigenvalue weighted by molar-refractivity contribution is 0.191. The van der Waals surface area contributed by atoms with Gasteiger partial charge < -0.3 is 9.63 Å². The van der Waals surface area contributed by atoms with Gasteiger partial charge in [0.1, 0.15) is 17.4 Å². The number of hydrogen-bond acceptors (Lipinski definition) is 5. The van der Waals surface area contributed by atoms with E-state index in [0.29, 0.717) is 5.76 Å². The second-order valence-electron chi connectivity index (χ2n) is 4.63. The Kier molecular flexibility index (Phi) is 4.38. The van der Waals surface area contributed by atoms with E-state index in [2.05, 4.69) is 5.16 Å². The minimum atomic E-state index is -3.81. The second kappa shape index (κ2) is 5.90. The molecule has 0 aliphatic carbocycles. The van der Waals surface area contributed by atoms with Crippen LogP contribution in [0.5, 0.6) is 0 Å². The molecule has 1 atom stereocenters. The fraction of sp³-hybridized carbons (Fsp3) is 0.308. The van der Waals surface area contributed by atoms with Crippen molar-refractivity contribution >= 4 is 9.84 Å². The molecule has 114 valence electrons. The van der Waals surface area contributed by atoms with E-state index >= 15 is 0 Å². The van der Waals surface area contributed by atoms with Crippen LogP contribution in [-0.4, -0.2) is 24.4 Å². The molecule has 0 saturated heterocycles. The van der Waals surface area contributed by atoms with E-state index in [1.54, 1.807) is 6.92 Å². The number of hydrogen-bond donors (Lipinski definition) is 1.